The second-order valence-electron chi connectivity index (χ2n) is 6.05. The number of nitrogens with one attached hydrogen (secondary N) is 2. The molecule has 4 heteroatoms. The minimum Gasteiger partial charge on any atom is -0.356 e. The van der Waals surface area contributed by atoms with E-state index >= 15 is 0 Å². The Balaban J connectivity index is 1.70. The molecule has 2 N–H and O–H groups in total. The van der Waals surface area contributed by atoms with Gasteiger partial charge < -0.3 is 15.5 Å². The highest BCUT2D eigenvalue weighted by molar-refractivity contribution is 5.80. The standard InChI is InChI=1S/C14H28N4/c1-12(2)10-18-8-3-5-13(11-18)9-17-14-15-6-4-7-16-14/h12-13H,3-11H2,1-2H3,(H2,15,16,17). The van der Waals surface area contributed by atoms with Gasteiger partial charge in [0.15, 0.2) is 5.96 Å². The highest BCUT2D eigenvalue weighted by Gasteiger charge is 2.20. The van der Waals surface area contributed by atoms with E-state index in [1.165, 1.54) is 32.5 Å². The molecule has 0 aromatic carbocycles. The van der Waals surface area contributed by atoms with Crippen LogP contribution in [0.5, 0.6) is 0 Å². The summed E-state index contributed by atoms with van der Waals surface area (Å²) in [6.07, 6.45) is 3.87. The van der Waals surface area contributed by atoms with Gasteiger partial charge in [0.1, 0.15) is 0 Å². The van der Waals surface area contributed by atoms with E-state index in [2.05, 4.69) is 34.4 Å². The molecule has 18 heavy (non-hydrogen) atoms. The average Bonchev–Trinajstić information content (AvgIpc) is 2.37. The Morgan fingerprint density at radius 2 is 2.33 bits per heavy atom. The van der Waals surface area contributed by atoms with Gasteiger partial charge in [0.2, 0.25) is 0 Å². The van der Waals surface area contributed by atoms with Crippen LogP contribution in [0.1, 0.15) is 33.1 Å². The zero-order valence-electron chi connectivity index (χ0n) is 11.9. The molecule has 1 fully saturated rings. The lowest BCUT2D eigenvalue weighted by Crippen LogP contribution is -2.46. The third-order valence-corrected chi connectivity index (χ3v) is 3.68. The smallest absolute Gasteiger partial charge is 0.191 e. The normalized spacial score (nSPS) is 25.7. The largest absolute Gasteiger partial charge is 0.356 e. The van der Waals surface area contributed by atoms with Crippen LogP contribution in [-0.2, 0) is 0 Å². The van der Waals surface area contributed by atoms with E-state index in [1.807, 2.05) is 0 Å². The maximum absolute atomic E-state index is 4.46. The van der Waals surface area contributed by atoms with Gasteiger partial charge in [-0.15, -0.1) is 0 Å². The van der Waals surface area contributed by atoms with E-state index in [0.29, 0.717) is 0 Å². The summed E-state index contributed by atoms with van der Waals surface area (Å²) >= 11 is 0. The first-order valence-corrected chi connectivity index (χ1v) is 7.48. The van der Waals surface area contributed by atoms with Crippen molar-refractivity contribution in [3.8, 4) is 0 Å². The van der Waals surface area contributed by atoms with Crippen molar-refractivity contribution in [2.24, 2.45) is 16.8 Å². The molecule has 2 aliphatic heterocycles. The van der Waals surface area contributed by atoms with Gasteiger partial charge >= 0.3 is 0 Å². The van der Waals surface area contributed by atoms with Crippen LogP contribution in [-0.4, -0.2) is 50.1 Å². The SMILES string of the molecule is CC(C)CN1CCCC(CNC2=NCCCN2)C1. The predicted molar refractivity (Wildman–Crippen MR) is 76.9 cm³/mol. The molecule has 0 amide bonds. The van der Waals surface area contributed by atoms with Crippen LogP contribution in [0.25, 0.3) is 0 Å². The van der Waals surface area contributed by atoms with Gasteiger partial charge in [0, 0.05) is 32.7 Å². The zero-order chi connectivity index (χ0) is 12.8. The van der Waals surface area contributed by atoms with Crippen LogP contribution in [0.2, 0.25) is 0 Å². The number of piperidine rings is 1. The van der Waals surface area contributed by atoms with Crippen LogP contribution >= 0.6 is 0 Å². The molecule has 1 saturated heterocycles. The average molecular weight is 252 g/mol. The lowest BCUT2D eigenvalue weighted by Gasteiger charge is -2.34. The van der Waals surface area contributed by atoms with Gasteiger partial charge in [-0.2, -0.15) is 0 Å². The molecule has 4 nitrogen and oxygen atoms in total. The Labute approximate surface area is 111 Å². The van der Waals surface area contributed by atoms with Crippen molar-refractivity contribution in [3.05, 3.63) is 0 Å². The second kappa shape index (κ2) is 6.98. The Bertz CT molecular complexity index is 275. The molecular formula is C14H28N4. The quantitative estimate of drug-likeness (QED) is 0.792. The maximum Gasteiger partial charge on any atom is 0.191 e. The monoisotopic (exact) mass is 252 g/mol. The molecule has 1 unspecified atom stereocenters. The fourth-order valence-corrected chi connectivity index (χ4v) is 2.89. The summed E-state index contributed by atoms with van der Waals surface area (Å²) in [4.78, 5) is 7.08. The van der Waals surface area contributed by atoms with Gasteiger partial charge in [0.25, 0.3) is 0 Å². The number of aliphatic imine (C=N–C) groups is 1. The zero-order valence-corrected chi connectivity index (χ0v) is 11.9. The molecule has 2 aliphatic rings. The lowest BCUT2D eigenvalue weighted by atomic mass is 9.97. The minimum atomic E-state index is 0.779. The van der Waals surface area contributed by atoms with Crippen molar-refractivity contribution in [1.29, 1.82) is 0 Å². The van der Waals surface area contributed by atoms with Crippen molar-refractivity contribution < 1.29 is 0 Å². The van der Waals surface area contributed by atoms with Crippen LogP contribution in [0, 0.1) is 11.8 Å². The van der Waals surface area contributed by atoms with Gasteiger partial charge in [-0.25, -0.2) is 0 Å². The summed E-state index contributed by atoms with van der Waals surface area (Å²) in [5, 5.41) is 6.80. The van der Waals surface area contributed by atoms with Crippen molar-refractivity contribution in [1.82, 2.24) is 15.5 Å². The first kappa shape index (κ1) is 13.7. The number of nitrogens with zero attached hydrogens (tertiary/aromatic N) is 2. The lowest BCUT2D eigenvalue weighted by molar-refractivity contribution is 0.159. The van der Waals surface area contributed by atoms with Crippen molar-refractivity contribution in [2.45, 2.75) is 33.1 Å². The molecule has 0 saturated carbocycles. The van der Waals surface area contributed by atoms with Crippen LogP contribution in [0.3, 0.4) is 0 Å². The molecule has 0 spiro atoms. The molecule has 0 aromatic rings. The van der Waals surface area contributed by atoms with E-state index in [4.69, 9.17) is 0 Å². The van der Waals surface area contributed by atoms with Crippen LogP contribution in [0.15, 0.2) is 4.99 Å². The van der Waals surface area contributed by atoms with E-state index < -0.39 is 0 Å². The summed E-state index contributed by atoms with van der Waals surface area (Å²) < 4.78 is 0. The van der Waals surface area contributed by atoms with Crippen LogP contribution < -0.4 is 10.6 Å². The highest BCUT2D eigenvalue weighted by Crippen LogP contribution is 2.16. The number of hydrogen-bond donors (Lipinski definition) is 2. The topological polar surface area (TPSA) is 39.7 Å². The fraction of sp³-hybridized carbons (Fsp3) is 0.929. The number of rotatable bonds is 4. The summed E-state index contributed by atoms with van der Waals surface area (Å²) in [6.45, 7) is 11.5. The molecule has 0 aromatic heterocycles. The summed E-state index contributed by atoms with van der Waals surface area (Å²) in [6, 6.07) is 0. The Morgan fingerprint density at radius 1 is 1.44 bits per heavy atom. The van der Waals surface area contributed by atoms with Gasteiger partial charge in [-0.05, 0) is 37.6 Å². The third-order valence-electron chi connectivity index (χ3n) is 3.68. The number of hydrogen-bond acceptors (Lipinski definition) is 4. The summed E-state index contributed by atoms with van der Waals surface area (Å²) in [7, 11) is 0. The first-order chi connectivity index (χ1) is 8.74. The molecular weight excluding hydrogens is 224 g/mol. The number of guanidine groups is 1. The third kappa shape index (κ3) is 4.48. The van der Waals surface area contributed by atoms with Crippen molar-refractivity contribution in [3.63, 3.8) is 0 Å². The van der Waals surface area contributed by atoms with Gasteiger partial charge in [-0.1, -0.05) is 13.8 Å². The minimum absolute atomic E-state index is 0.779. The Morgan fingerprint density at radius 3 is 3.06 bits per heavy atom. The second-order valence-corrected chi connectivity index (χ2v) is 6.05. The van der Waals surface area contributed by atoms with Crippen molar-refractivity contribution >= 4 is 5.96 Å². The molecule has 0 bridgehead atoms. The highest BCUT2D eigenvalue weighted by atomic mass is 15.2. The first-order valence-electron chi connectivity index (χ1n) is 7.48. The van der Waals surface area contributed by atoms with Gasteiger partial charge in [-0.3, -0.25) is 4.99 Å². The van der Waals surface area contributed by atoms with E-state index in [9.17, 15) is 0 Å². The van der Waals surface area contributed by atoms with Crippen LogP contribution in [0.4, 0.5) is 0 Å². The van der Waals surface area contributed by atoms with E-state index in [1.54, 1.807) is 0 Å². The molecule has 104 valence electrons. The Kier molecular flexibility index (Phi) is 5.29. The maximum atomic E-state index is 4.46. The molecule has 0 radical (unpaired) electrons. The summed E-state index contributed by atoms with van der Waals surface area (Å²) in [5.74, 6) is 2.58. The summed E-state index contributed by atoms with van der Waals surface area (Å²) in [5.41, 5.74) is 0. The van der Waals surface area contributed by atoms with E-state index in [0.717, 1.165) is 43.9 Å². The molecule has 2 rings (SSSR count). The number of likely N-dealkylation sites (tertiary alicyclic amines) is 1. The molecule has 0 aliphatic carbocycles. The van der Waals surface area contributed by atoms with E-state index in [-0.39, 0.29) is 0 Å². The molecule has 2 heterocycles. The molecule has 1 atom stereocenters. The Hall–Kier alpha value is -0.770. The predicted octanol–water partition coefficient (Wildman–Crippen LogP) is 1.29. The van der Waals surface area contributed by atoms with Gasteiger partial charge in [0.05, 0.1) is 0 Å². The van der Waals surface area contributed by atoms with Crippen molar-refractivity contribution in [2.75, 3.05) is 39.3 Å². The fourth-order valence-electron chi connectivity index (χ4n) is 2.89.